The average molecular weight is 351 g/mol. The number of para-hydroxylation sites is 1. The summed E-state index contributed by atoms with van der Waals surface area (Å²) in [7, 11) is 0. The molecule has 1 atom stereocenters. The molecule has 3 heteroatoms. The number of likely N-dealkylation sites (tertiary alicyclic amines) is 1. The first kappa shape index (κ1) is 17.4. The van der Waals surface area contributed by atoms with Gasteiger partial charge in [0.1, 0.15) is 17.6 Å². The highest BCUT2D eigenvalue weighted by Crippen LogP contribution is 2.35. The monoisotopic (exact) mass is 351 g/mol. The van der Waals surface area contributed by atoms with Gasteiger partial charge in [0, 0.05) is 6.54 Å². The van der Waals surface area contributed by atoms with Crippen molar-refractivity contribution in [2.45, 2.75) is 44.6 Å². The minimum absolute atomic E-state index is 0.151. The molecule has 0 N–H and O–H groups in total. The summed E-state index contributed by atoms with van der Waals surface area (Å²) < 4.78 is 12.1. The second-order valence-corrected chi connectivity index (χ2v) is 7.43. The van der Waals surface area contributed by atoms with Crippen LogP contribution in [0.1, 0.15) is 49.3 Å². The van der Waals surface area contributed by atoms with Crippen molar-refractivity contribution in [1.82, 2.24) is 4.90 Å². The van der Waals surface area contributed by atoms with Crippen LogP contribution in [0, 0.1) is 0 Å². The maximum Gasteiger partial charge on any atom is 0.124 e. The molecule has 1 unspecified atom stereocenters. The highest BCUT2D eigenvalue weighted by Gasteiger charge is 2.20. The van der Waals surface area contributed by atoms with E-state index in [0.717, 1.165) is 43.9 Å². The molecule has 2 aliphatic rings. The Hall–Kier alpha value is -2.00. The molecular formula is C23H29NO2. The van der Waals surface area contributed by atoms with Crippen molar-refractivity contribution in [2.75, 3.05) is 26.2 Å². The van der Waals surface area contributed by atoms with Crippen molar-refractivity contribution in [3.63, 3.8) is 0 Å². The van der Waals surface area contributed by atoms with Crippen LogP contribution in [0.4, 0.5) is 0 Å². The number of nitrogens with zero attached hydrogens (tertiary/aromatic N) is 1. The maximum absolute atomic E-state index is 6.18. The molecule has 2 heterocycles. The van der Waals surface area contributed by atoms with Crippen LogP contribution in [0.15, 0.2) is 48.5 Å². The van der Waals surface area contributed by atoms with Gasteiger partial charge in [0.15, 0.2) is 0 Å². The normalized spacial score (nSPS) is 20.2. The van der Waals surface area contributed by atoms with Crippen LogP contribution in [0.3, 0.4) is 0 Å². The van der Waals surface area contributed by atoms with E-state index in [1.165, 1.54) is 43.5 Å². The molecule has 0 spiro atoms. The van der Waals surface area contributed by atoms with Crippen molar-refractivity contribution >= 4 is 0 Å². The van der Waals surface area contributed by atoms with Crippen molar-refractivity contribution in [1.29, 1.82) is 0 Å². The lowest BCUT2D eigenvalue weighted by Crippen LogP contribution is -2.31. The first-order valence-electron chi connectivity index (χ1n) is 10.1. The fraction of sp³-hybridized carbons (Fsp3) is 0.478. The van der Waals surface area contributed by atoms with Crippen LogP contribution < -0.4 is 9.47 Å². The number of piperidine rings is 1. The van der Waals surface area contributed by atoms with Crippen LogP contribution in [0.25, 0.3) is 0 Å². The van der Waals surface area contributed by atoms with Crippen LogP contribution in [-0.4, -0.2) is 31.1 Å². The maximum atomic E-state index is 6.18. The lowest BCUT2D eigenvalue weighted by molar-refractivity contribution is 0.176. The fourth-order valence-electron chi connectivity index (χ4n) is 4.00. The molecule has 0 radical (unpaired) electrons. The number of aryl methyl sites for hydroxylation is 1. The molecule has 0 aromatic heterocycles. The Labute approximate surface area is 156 Å². The minimum atomic E-state index is 0.151. The Kier molecular flexibility index (Phi) is 5.75. The van der Waals surface area contributed by atoms with Crippen LogP contribution in [0.5, 0.6) is 11.5 Å². The molecule has 3 nitrogen and oxygen atoms in total. The van der Waals surface area contributed by atoms with E-state index in [0.29, 0.717) is 0 Å². The summed E-state index contributed by atoms with van der Waals surface area (Å²) in [5, 5.41) is 0. The Morgan fingerprint density at radius 3 is 2.62 bits per heavy atom. The van der Waals surface area contributed by atoms with Gasteiger partial charge in [-0.05, 0) is 74.5 Å². The molecule has 0 amide bonds. The van der Waals surface area contributed by atoms with E-state index in [4.69, 9.17) is 9.47 Å². The number of fused-ring (bicyclic) bond motifs is 1. The molecule has 2 aliphatic heterocycles. The van der Waals surface area contributed by atoms with Crippen molar-refractivity contribution < 1.29 is 9.47 Å². The molecule has 138 valence electrons. The third kappa shape index (κ3) is 4.39. The second kappa shape index (κ2) is 8.59. The first-order valence-corrected chi connectivity index (χ1v) is 10.1. The van der Waals surface area contributed by atoms with E-state index in [2.05, 4.69) is 47.4 Å². The van der Waals surface area contributed by atoms with Gasteiger partial charge >= 0.3 is 0 Å². The van der Waals surface area contributed by atoms with Crippen molar-refractivity contribution in [2.24, 2.45) is 0 Å². The molecule has 0 saturated carbocycles. The van der Waals surface area contributed by atoms with E-state index in [-0.39, 0.29) is 6.10 Å². The van der Waals surface area contributed by atoms with Gasteiger partial charge in [0.25, 0.3) is 0 Å². The third-order valence-corrected chi connectivity index (χ3v) is 5.51. The van der Waals surface area contributed by atoms with Gasteiger partial charge in [-0.2, -0.15) is 0 Å². The molecule has 0 bridgehead atoms. The molecule has 2 aromatic rings. The highest BCUT2D eigenvalue weighted by atomic mass is 16.5. The largest absolute Gasteiger partial charge is 0.494 e. The Morgan fingerprint density at radius 2 is 1.77 bits per heavy atom. The quantitative estimate of drug-likeness (QED) is 0.683. The Balaban J connectivity index is 1.25. The lowest BCUT2D eigenvalue weighted by atomic mass is 9.97. The van der Waals surface area contributed by atoms with E-state index >= 15 is 0 Å². The summed E-state index contributed by atoms with van der Waals surface area (Å²) in [6.07, 6.45) is 7.48. The average Bonchev–Trinajstić information content (AvgIpc) is 2.72. The number of hydrogen-bond donors (Lipinski definition) is 0. The predicted molar refractivity (Wildman–Crippen MR) is 105 cm³/mol. The van der Waals surface area contributed by atoms with Gasteiger partial charge in [-0.3, -0.25) is 0 Å². The molecule has 4 rings (SSSR count). The van der Waals surface area contributed by atoms with Gasteiger partial charge in [0.2, 0.25) is 0 Å². The molecule has 0 aliphatic carbocycles. The van der Waals surface area contributed by atoms with Gasteiger partial charge in [0.05, 0.1) is 6.61 Å². The van der Waals surface area contributed by atoms with E-state index in [1.54, 1.807) is 0 Å². The number of ether oxygens (including phenoxy) is 2. The van der Waals surface area contributed by atoms with Gasteiger partial charge in [-0.1, -0.05) is 36.8 Å². The van der Waals surface area contributed by atoms with Crippen molar-refractivity contribution in [3.05, 3.63) is 59.7 Å². The summed E-state index contributed by atoms with van der Waals surface area (Å²) in [5.41, 5.74) is 2.55. The van der Waals surface area contributed by atoms with Crippen molar-refractivity contribution in [3.8, 4) is 11.5 Å². The molecule has 2 aromatic carbocycles. The Morgan fingerprint density at radius 1 is 0.962 bits per heavy atom. The third-order valence-electron chi connectivity index (χ3n) is 5.51. The first-order chi connectivity index (χ1) is 12.9. The molecule has 1 fully saturated rings. The van der Waals surface area contributed by atoms with Gasteiger partial charge in [-0.15, -0.1) is 0 Å². The second-order valence-electron chi connectivity index (χ2n) is 7.43. The zero-order valence-electron chi connectivity index (χ0n) is 15.5. The highest BCUT2D eigenvalue weighted by molar-refractivity contribution is 5.37. The summed E-state index contributed by atoms with van der Waals surface area (Å²) >= 11 is 0. The summed E-state index contributed by atoms with van der Waals surface area (Å²) in [6, 6.07) is 16.8. The minimum Gasteiger partial charge on any atom is -0.494 e. The number of hydrogen-bond acceptors (Lipinski definition) is 3. The van der Waals surface area contributed by atoms with E-state index in [9.17, 15) is 0 Å². The zero-order chi connectivity index (χ0) is 17.6. The lowest BCUT2D eigenvalue weighted by Gasteiger charge is -2.26. The SMILES string of the molecule is c1ccc2c(c1)CCC(c1ccc(OCCCN3CCCCC3)cc1)O2. The zero-order valence-corrected chi connectivity index (χ0v) is 15.5. The standard InChI is InChI=1S/C23H29NO2/c1-4-15-24(16-5-1)17-6-18-25-21-12-9-20(10-13-21)23-14-11-19-7-2-3-8-22(19)26-23/h2-3,7-10,12-13,23H,1,4-6,11,14-18H2. The summed E-state index contributed by atoms with van der Waals surface area (Å²) in [6.45, 7) is 4.48. The van der Waals surface area contributed by atoms with E-state index in [1.807, 2.05) is 6.07 Å². The van der Waals surface area contributed by atoms with Crippen LogP contribution in [0.2, 0.25) is 0 Å². The Bertz CT molecular complexity index is 692. The van der Waals surface area contributed by atoms with Gasteiger partial charge < -0.3 is 14.4 Å². The molecule has 26 heavy (non-hydrogen) atoms. The smallest absolute Gasteiger partial charge is 0.124 e. The van der Waals surface area contributed by atoms with Gasteiger partial charge in [-0.25, -0.2) is 0 Å². The van der Waals surface area contributed by atoms with Crippen LogP contribution >= 0.6 is 0 Å². The number of rotatable bonds is 6. The van der Waals surface area contributed by atoms with E-state index < -0.39 is 0 Å². The summed E-state index contributed by atoms with van der Waals surface area (Å²) in [4.78, 5) is 2.56. The number of benzene rings is 2. The molecular weight excluding hydrogens is 322 g/mol. The predicted octanol–water partition coefficient (Wildman–Crippen LogP) is 5.01. The topological polar surface area (TPSA) is 21.7 Å². The molecule has 1 saturated heterocycles. The fourth-order valence-corrected chi connectivity index (χ4v) is 4.00. The van der Waals surface area contributed by atoms with Crippen LogP contribution in [-0.2, 0) is 6.42 Å². The summed E-state index contributed by atoms with van der Waals surface area (Å²) in [5.74, 6) is 1.99.